The molecule has 0 fully saturated rings. The summed E-state index contributed by atoms with van der Waals surface area (Å²) in [5.41, 5.74) is 3.18. The van der Waals surface area contributed by atoms with Gasteiger partial charge in [0.25, 0.3) is 0 Å². The zero-order chi connectivity index (χ0) is 15.6. The topological polar surface area (TPSA) is 22.1 Å². The first-order valence-electron chi connectivity index (χ1n) is 6.81. The Balaban J connectivity index is 2.25. The van der Waals surface area contributed by atoms with Crippen molar-refractivity contribution in [3.05, 3.63) is 57.3 Å². The van der Waals surface area contributed by atoms with Crippen molar-refractivity contribution in [2.45, 2.75) is 39.7 Å². The third kappa shape index (κ3) is 4.12. The Hall–Kier alpha value is -1.25. The lowest BCUT2D eigenvalue weighted by atomic mass is 9.86. The molecule has 0 saturated carbocycles. The molecule has 0 atom stereocenters. The van der Waals surface area contributed by atoms with Crippen LogP contribution in [0.25, 0.3) is 0 Å². The fourth-order valence-corrected chi connectivity index (χ4v) is 2.49. The third-order valence-corrected chi connectivity index (χ3v) is 3.78. The highest BCUT2D eigenvalue weighted by Gasteiger charge is 2.19. The van der Waals surface area contributed by atoms with Crippen LogP contribution in [0.15, 0.2) is 30.5 Å². The van der Waals surface area contributed by atoms with Crippen LogP contribution in [0.3, 0.4) is 0 Å². The molecule has 0 aliphatic rings. The average Bonchev–Trinajstić information content (AvgIpc) is 2.36. The predicted molar refractivity (Wildman–Crippen MR) is 88.5 cm³/mol. The minimum absolute atomic E-state index is 0.0189. The largest absolute Gasteiger partial charge is 0.488 e. The van der Waals surface area contributed by atoms with Crippen molar-refractivity contribution < 1.29 is 4.74 Å². The lowest BCUT2D eigenvalue weighted by molar-refractivity contribution is 0.297. The van der Waals surface area contributed by atoms with E-state index in [2.05, 4.69) is 50.9 Å². The van der Waals surface area contributed by atoms with E-state index in [0.717, 1.165) is 11.3 Å². The first kappa shape index (κ1) is 16.1. The van der Waals surface area contributed by atoms with Gasteiger partial charge in [0, 0.05) is 11.8 Å². The number of rotatable bonds is 3. The molecule has 1 heterocycles. The van der Waals surface area contributed by atoms with Gasteiger partial charge in [-0.15, -0.1) is 0 Å². The van der Waals surface area contributed by atoms with Gasteiger partial charge in [-0.25, -0.2) is 4.98 Å². The molecule has 0 saturated heterocycles. The SMILES string of the molecule is Cc1ccc(C(C)(C)C)c(OCc2cnc(Cl)cc2Cl)c1. The van der Waals surface area contributed by atoms with Gasteiger partial charge >= 0.3 is 0 Å². The van der Waals surface area contributed by atoms with E-state index in [1.54, 1.807) is 12.3 Å². The van der Waals surface area contributed by atoms with Crippen LogP contribution < -0.4 is 4.74 Å². The first-order valence-corrected chi connectivity index (χ1v) is 7.57. The van der Waals surface area contributed by atoms with E-state index < -0.39 is 0 Å². The molecule has 0 unspecified atom stereocenters. The van der Waals surface area contributed by atoms with E-state index in [-0.39, 0.29) is 5.41 Å². The summed E-state index contributed by atoms with van der Waals surface area (Å²) in [5.74, 6) is 0.883. The highest BCUT2D eigenvalue weighted by Crippen LogP contribution is 2.33. The van der Waals surface area contributed by atoms with Crippen LogP contribution in [-0.2, 0) is 12.0 Å². The van der Waals surface area contributed by atoms with E-state index in [1.807, 2.05) is 0 Å². The molecule has 1 aromatic heterocycles. The molecular weight excluding hydrogens is 305 g/mol. The first-order chi connectivity index (χ1) is 9.77. The molecule has 0 spiro atoms. The summed E-state index contributed by atoms with van der Waals surface area (Å²) in [6.07, 6.45) is 1.65. The maximum absolute atomic E-state index is 6.15. The second-order valence-electron chi connectivity index (χ2n) is 6.14. The molecule has 2 rings (SSSR count). The number of halogens is 2. The van der Waals surface area contributed by atoms with Crippen LogP contribution in [-0.4, -0.2) is 4.98 Å². The van der Waals surface area contributed by atoms with Crippen molar-refractivity contribution in [2.75, 3.05) is 0 Å². The Morgan fingerprint density at radius 2 is 1.86 bits per heavy atom. The fourth-order valence-electron chi connectivity index (χ4n) is 2.07. The van der Waals surface area contributed by atoms with Crippen molar-refractivity contribution >= 4 is 23.2 Å². The molecule has 2 nitrogen and oxygen atoms in total. The van der Waals surface area contributed by atoms with Gasteiger partial charge in [0.2, 0.25) is 0 Å². The molecule has 0 radical (unpaired) electrons. The van der Waals surface area contributed by atoms with Gasteiger partial charge in [-0.3, -0.25) is 0 Å². The smallest absolute Gasteiger partial charge is 0.130 e. The molecule has 0 bridgehead atoms. The molecule has 0 aliphatic heterocycles. The van der Waals surface area contributed by atoms with Crippen LogP contribution in [0.1, 0.15) is 37.5 Å². The number of pyridine rings is 1. The predicted octanol–water partition coefficient (Wildman–Crippen LogP) is 5.57. The molecule has 1 aromatic carbocycles. The van der Waals surface area contributed by atoms with Gasteiger partial charge in [0.15, 0.2) is 0 Å². The molecule has 0 aliphatic carbocycles. The summed E-state index contributed by atoms with van der Waals surface area (Å²) in [6.45, 7) is 8.93. The van der Waals surface area contributed by atoms with E-state index >= 15 is 0 Å². The summed E-state index contributed by atoms with van der Waals surface area (Å²) < 4.78 is 5.98. The van der Waals surface area contributed by atoms with E-state index in [0.29, 0.717) is 16.8 Å². The maximum atomic E-state index is 6.15. The number of aryl methyl sites for hydroxylation is 1. The van der Waals surface area contributed by atoms with Gasteiger partial charge in [-0.2, -0.15) is 0 Å². The van der Waals surface area contributed by atoms with Crippen molar-refractivity contribution in [1.82, 2.24) is 4.98 Å². The molecule has 0 N–H and O–H groups in total. The molecule has 112 valence electrons. The highest BCUT2D eigenvalue weighted by molar-refractivity contribution is 6.34. The Labute approximate surface area is 136 Å². The quantitative estimate of drug-likeness (QED) is 0.688. The lowest BCUT2D eigenvalue weighted by Gasteiger charge is -2.23. The number of benzene rings is 1. The Bertz CT molecular complexity index is 648. The fraction of sp³-hybridized carbons (Fsp3) is 0.353. The second kappa shape index (κ2) is 6.25. The minimum atomic E-state index is 0.0189. The van der Waals surface area contributed by atoms with Gasteiger partial charge in [0.05, 0.1) is 5.02 Å². The summed E-state index contributed by atoms with van der Waals surface area (Å²) in [6, 6.07) is 7.90. The van der Waals surface area contributed by atoms with Crippen LogP contribution in [0.2, 0.25) is 10.2 Å². The zero-order valence-electron chi connectivity index (χ0n) is 12.7. The summed E-state index contributed by atoms with van der Waals surface area (Å²) in [4.78, 5) is 4.04. The van der Waals surface area contributed by atoms with Gasteiger partial charge in [0.1, 0.15) is 17.5 Å². The monoisotopic (exact) mass is 323 g/mol. The molecule has 21 heavy (non-hydrogen) atoms. The van der Waals surface area contributed by atoms with Gasteiger partial charge in [-0.1, -0.05) is 56.1 Å². The third-order valence-electron chi connectivity index (χ3n) is 3.22. The van der Waals surface area contributed by atoms with E-state index in [4.69, 9.17) is 27.9 Å². The molecular formula is C17H19Cl2NO. The standard InChI is InChI=1S/C17H19Cl2NO/c1-11-5-6-13(17(2,3)4)15(7-11)21-10-12-9-20-16(19)8-14(12)18/h5-9H,10H2,1-4H3. The summed E-state index contributed by atoms with van der Waals surface area (Å²) >= 11 is 12.0. The lowest BCUT2D eigenvalue weighted by Crippen LogP contribution is -2.13. The molecule has 0 amide bonds. The minimum Gasteiger partial charge on any atom is -0.488 e. The number of hydrogen-bond donors (Lipinski definition) is 0. The number of hydrogen-bond acceptors (Lipinski definition) is 2. The Morgan fingerprint density at radius 3 is 2.48 bits per heavy atom. The zero-order valence-corrected chi connectivity index (χ0v) is 14.2. The number of ether oxygens (including phenoxy) is 1. The summed E-state index contributed by atoms with van der Waals surface area (Å²) in [7, 11) is 0. The van der Waals surface area contributed by atoms with Gasteiger partial charge in [-0.05, 0) is 35.6 Å². The van der Waals surface area contributed by atoms with Crippen LogP contribution >= 0.6 is 23.2 Å². The van der Waals surface area contributed by atoms with Crippen molar-refractivity contribution in [3.63, 3.8) is 0 Å². The number of nitrogens with zero attached hydrogens (tertiary/aromatic N) is 1. The Morgan fingerprint density at radius 1 is 1.14 bits per heavy atom. The highest BCUT2D eigenvalue weighted by atomic mass is 35.5. The van der Waals surface area contributed by atoms with Crippen molar-refractivity contribution in [3.8, 4) is 5.75 Å². The van der Waals surface area contributed by atoms with Gasteiger partial charge < -0.3 is 4.74 Å². The van der Waals surface area contributed by atoms with Crippen LogP contribution in [0.4, 0.5) is 0 Å². The Kier molecular flexibility index (Phi) is 4.80. The average molecular weight is 324 g/mol. The van der Waals surface area contributed by atoms with E-state index in [9.17, 15) is 0 Å². The normalized spacial score (nSPS) is 11.5. The van der Waals surface area contributed by atoms with E-state index in [1.165, 1.54) is 11.1 Å². The molecule has 4 heteroatoms. The van der Waals surface area contributed by atoms with Crippen LogP contribution in [0, 0.1) is 6.92 Å². The van der Waals surface area contributed by atoms with Crippen molar-refractivity contribution in [1.29, 1.82) is 0 Å². The summed E-state index contributed by atoms with van der Waals surface area (Å²) in [5, 5.41) is 0.953. The molecule has 2 aromatic rings. The van der Waals surface area contributed by atoms with Crippen LogP contribution in [0.5, 0.6) is 5.75 Å². The van der Waals surface area contributed by atoms with Crippen molar-refractivity contribution in [2.24, 2.45) is 0 Å². The maximum Gasteiger partial charge on any atom is 0.130 e. The second-order valence-corrected chi connectivity index (χ2v) is 6.93. The number of aromatic nitrogens is 1.